The lowest BCUT2D eigenvalue weighted by molar-refractivity contribution is 0.548. The molecule has 2 aromatic heterocycles. The van der Waals surface area contributed by atoms with Crippen molar-refractivity contribution in [1.29, 1.82) is 0 Å². The molecule has 0 unspecified atom stereocenters. The minimum atomic E-state index is 0.865. The predicted octanol–water partition coefficient (Wildman–Crippen LogP) is 3.21. The largest absolute Gasteiger partial charge is 0.459 e. The van der Waals surface area contributed by atoms with Crippen LogP contribution in [0.5, 0.6) is 0 Å². The Morgan fingerprint density at radius 1 is 1.44 bits per heavy atom. The Bertz CT molecular complexity index is 447. The quantitative estimate of drug-likeness (QED) is 0.810. The minimum absolute atomic E-state index is 0.865. The van der Waals surface area contributed by atoms with Gasteiger partial charge in [-0.2, -0.15) is 0 Å². The van der Waals surface area contributed by atoms with Crippen LogP contribution in [0.15, 0.2) is 22.7 Å². The fraction of sp³-hybridized carbons (Fsp3) is 0.417. The molecule has 3 nitrogen and oxygen atoms in total. The molecule has 0 atom stereocenters. The Kier molecular flexibility index (Phi) is 3.74. The monoisotopic (exact) mass is 236 g/mol. The van der Waals surface area contributed by atoms with Crippen LogP contribution in [0.3, 0.4) is 0 Å². The van der Waals surface area contributed by atoms with Gasteiger partial charge in [-0.1, -0.05) is 6.92 Å². The van der Waals surface area contributed by atoms with Crippen LogP contribution in [0, 0.1) is 6.92 Å². The normalized spacial score (nSPS) is 10.9. The van der Waals surface area contributed by atoms with Crippen molar-refractivity contribution in [3.8, 4) is 10.8 Å². The van der Waals surface area contributed by atoms with E-state index in [0.29, 0.717) is 0 Å². The van der Waals surface area contributed by atoms with Crippen LogP contribution >= 0.6 is 11.3 Å². The molecule has 0 saturated carbocycles. The van der Waals surface area contributed by atoms with Crippen LogP contribution in [0.1, 0.15) is 24.0 Å². The highest BCUT2D eigenvalue weighted by Gasteiger charge is 2.07. The summed E-state index contributed by atoms with van der Waals surface area (Å²) in [5.41, 5.74) is 0. The number of thiazole rings is 1. The van der Waals surface area contributed by atoms with Crippen molar-refractivity contribution < 1.29 is 4.42 Å². The van der Waals surface area contributed by atoms with Crippen molar-refractivity contribution in [3.05, 3.63) is 29.0 Å². The number of aromatic nitrogens is 1. The number of furan rings is 1. The average molecular weight is 236 g/mol. The van der Waals surface area contributed by atoms with E-state index in [1.165, 1.54) is 4.88 Å². The number of hydrogen-bond acceptors (Lipinski definition) is 4. The first-order valence-electron chi connectivity index (χ1n) is 5.52. The van der Waals surface area contributed by atoms with Crippen LogP contribution in [0.2, 0.25) is 0 Å². The first kappa shape index (κ1) is 11.4. The van der Waals surface area contributed by atoms with Gasteiger partial charge in [0.2, 0.25) is 0 Å². The predicted molar refractivity (Wildman–Crippen MR) is 66.6 cm³/mol. The molecule has 2 heterocycles. The van der Waals surface area contributed by atoms with Gasteiger partial charge < -0.3 is 9.73 Å². The molecule has 0 saturated heterocycles. The van der Waals surface area contributed by atoms with Crippen LogP contribution < -0.4 is 5.32 Å². The van der Waals surface area contributed by atoms with E-state index in [-0.39, 0.29) is 0 Å². The Hall–Kier alpha value is -1.13. The Morgan fingerprint density at radius 3 is 3.00 bits per heavy atom. The van der Waals surface area contributed by atoms with Gasteiger partial charge in [-0.3, -0.25) is 0 Å². The zero-order valence-electron chi connectivity index (χ0n) is 9.62. The van der Waals surface area contributed by atoms with Crippen molar-refractivity contribution in [2.75, 3.05) is 6.54 Å². The van der Waals surface area contributed by atoms with Crippen molar-refractivity contribution in [2.45, 2.75) is 26.8 Å². The highest BCUT2D eigenvalue weighted by Crippen LogP contribution is 2.26. The molecule has 1 N–H and O–H groups in total. The van der Waals surface area contributed by atoms with E-state index < -0.39 is 0 Å². The maximum Gasteiger partial charge on any atom is 0.162 e. The summed E-state index contributed by atoms with van der Waals surface area (Å²) >= 11 is 1.68. The number of nitrogens with one attached hydrogen (secondary N) is 1. The lowest BCUT2D eigenvalue weighted by Gasteiger charge is -1.97. The second-order valence-electron chi connectivity index (χ2n) is 3.72. The molecule has 0 bridgehead atoms. The second kappa shape index (κ2) is 5.27. The molecular formula is C12H16N2OS. The van der Waals surface area contributed by atoms with E-state index in [2.05, 4.69) is 17.2 Å². The van der Waals surface area contributed by atoms with E-state index in [4.69, 9.17) is 4.42 Å². The smallest absolute Gasteiger partial charge is 0.162 e. The number of rotatable bonds is 5. The van der Waals surface area contributed by atoms with E-state index >= 15 is 0 Å². The zero-order valence-corrected chi connectivity index (χ0v) is 10.4. The molecule has 0 amide bonds. The summed E-state index contributed by atoms with van der Waals surface area (Å²) in [6.07, 6.45) is 3.07. The van der Waals surface area contributed by atoms with Crippen LogP contribution in [0.25, 0.3) is 10.8 Å². The Morgan fingerprint density at radius 2 is 2.31 bits per heavy atom. The van der Waals surface area contributed by atoms with Crippen LogP contribution in [0.4, 0.5) is 0 Å². The molecule has 4 heteroatoms. The third-order valence-electron chi connectivity index (χ3n) is 2.23. The maximum absolute atomic E-state index is 5.54. The molecule has 0 aromatic carbocycles. The molecule has 0 aliphatic heterocycles. The summed E-state index contributed by atoms with van der Waals surface area (Å²) in [5, 5.41) is 4.32. The van der Waals surface area contributed by atoms with Gasteiger partial charge in [-0.05, 0) is 32.0 Å². The van der Waals surface area contributed by atoms with E-state index in [9.17, 15) is 0 Å². The van der Waals surface area contributed by atoms with Crippen LogP contribution in [-0.2, 0) is 6.54 Å². The SMILES string of the molecule is CCCNCc1cnc(-c2ccc(C)o2)s1. The Balaban J connectivity index is 2.02. The van der Waals surface area contributed by atoms with Crippen molar-refractivity contribution in [2.24, 2.45) is 0 Å². The van der Waals surface area contributed by atoms with Gasteiger partial charge >= 0.3 is 0 Å². The molecule has 86 valence electrons. The third-order valence-corrected chi connectivity index (χ3v) is 3.24. The van der Waals surface area contributed by atoms with Gasteiger partial charge in [0.05, 0.1) is 0 Å². The summed E-state index contributed by atoms with van der Waals surface area (Å²) < 4.78 is 5.54. The maximum atomic E-state index is 5.54. The number of hydrogen-bond donors (Lipinski definition) is 1. The highest BCUT2D eigenvalue weighted by atomic mass is 32.1. The van der Waals surface area contributed by atoms with Crippen molar-refractivity contribution in [3.63, 3.8) is 0 Å². The number of nitrogens with zero attached hydrogens (tertiary/aromatic N) is 1. The van der Waals surface area contributed by atoms with Crippen LogP contribution in [-0.4, -0.2) is 11.5 Å². The lowest BCUT2D eigenvalue weighted by Crippen LogP contribution is -2.12. The molecule has 0 radical (unpaired) electrons. The van der Waals surface area contributed by atoms with Crippen molar-refractivity contribution in [1.82, 2.24) is 10.3 Å². The first-order valence-corrected chi connectivity index (χ1v) is 6.33. The van der Waals surface area contributed by atoms with E-state index in [0.717, 1.165) is 36.0 Å². The number of aryl methyl sites for hydroxylation is 1. The molecule has 2 aromatic rings. The fourth-order valence-corrected chi connectivity index (χ4v) is 2.28. The first-order chi connectivity index (χ1) is 7.79. The summed E-state index contributed by atoms with van der Waals surface area (Å²) in [6, 6.07) is 3.93. The van der Waals surface area contributed by atoms with Gasteiger partial charge in [0, 0.05) is 17.6 Å². The average Bonchev–Trinajstić information content (AvgIpc) is 2.87. The highest BCUT2D eigenvalue weighted by molar-refractivity contribution is 7.14. The summed E-state index contributed by atoms with van der Waals surface area (Å²) in [4.78, 5) is 5.61. The van der Waals surface area contributed by atoms with E-state index in [1.54, 1.807) is 11.3 Å². The summed E-state index contributed by atoms with van der Waals surface area (Å²) in [5.74, 6) is 1.79. The fourth-order valence-electron chi connectivity index (χ4n) is 1.44. The Labute approximate surface area is 99.5 Å². The standard InChI is InChI=1S/C12H16N2OS/c1-3-6-13-7-10-8-14-12(16-10)11-5-4-9(2)15-11/h4-5,8,13H,3,6-7H2,1-2H3. The molecule has 2 rings (SSSR count). The van der Waals surface area contributed by atoms with Gasteiger partial charge in [0.25, 0.3) is 0 Å². The summed E-state index contributed by atoms with van der Waals surface area (Å²) in [6.45, 7) is 6.05. The van der Waals surface area contributed by atoms with Gasteiger partial charge in [-0.25, -0.2) is 4.98 Å². The van der Waals surface area contributed by atoms with Gasteiger partial charge in [0.1, 0.15) is 5.76 Å². The second-order valence-corrected chi connectivity index (χ2v) is 4.83. The van der Waals surface area contributed by atoms with E-state index in [1.807, 2.05) is 25.3 Å². The van der Waals surface area contributed by atoms with Gasteiger partial charge in [0.15, 0.2) is 10.8 Å². The molecule has 0 aliphatic carbocycles. The third kappa shape index (κ3) is 2.71. The lowest BCUT2D eigenvalue weighted by atomic mass is 10.4. The van der Waals surface area contributed by atoms with Crippen molar-refractivity contribution >= 4 is 11.3 Å². The minimum Gasteiger partial charge on any atom is -0.459 e. The zero-order chi connectivity index (χ0) is 11.4. The summed E-state index contributed by atoms with van der Waals surface area (Å²) in [7, 11) is 0. The van der Waals surface area contributed by atoms with Gasteiger partial charge in [-0.15, -0.1) is 11.3 Å². The molecule has 0 spiro atoms. The molecule has 0 aliphatic rings. The molecule has 16 heavy (non-hydrogen) atoms. The molecular weight excluding hydrogens is 220 g/mol. The topological polar surface area (TPSA) is 38.1 Å². The molecule has 0 fully saturated rings.